The van der Waals surface area contributed by atoms with E-state index in [4.69, 9.17) is 0 Å². The molecule has 1 fully saturated rings. The SMILES string of the molecule is Cc1cnn(C2CCC(NC(=O)c3cccc(S(C)(=O)=O)c3)CC2)c1. The number of amides is 1. The topological polar surface area (TPSA) is 81.1 Å². The molecule has 0 bridgehead atoms. The summed E-state index contributed by atoms with van der Waals surface area (Å²) in [5, 5.41) is 7.41. The zero-order valence-corrected chi connectivity index (χ0v) is 15.3. The Hall–Kier alpha value is -2.15. The summed E-state index contributed by atoms with van der Waals surface area (Å²) in [5.74, 6) is -0.219. The minimum absolute atomic E-state index is 0.113. The highest BCUT2D eigenvalue weighted by Crippen LogP contribution is 2.28. The van der Waals surface area contributed by atoms with Crippen LogP contribution in [0.2, 0.25) is 0 Å². The van der Waals surface area contributed by atoms with Crippen LogP contribution in [0.1, 0.15) is 47.6 Å². The van der Waals surface area contributed by atoms with E-state index in [1.54, 1.807) is 12.1 Å². The molecule has 0 atom stereocenters. The third-order valence-corrected chi connectivity index (χ3v) is 5.77. The lowest BCUT2D eigenvalue weighted by atomic mass is 9.91. The summed E-state index contributed by atoms with van der Waals surface area (Å²) in [6, 6.07) is 6.68. The number of nitrogens with one attached hydrogen (secondary N) is 1. The molecule has 1 N–H and O–H groups in total. The number of carbonyl (C=O) groups is 1. The molecule has 6 nitrogen and oxygen atoms in total. The van der Waals surface area contributed by atoms with E-state index >= 15 is 0 Å². The second-order valence-corrected chi connectivity index (χ2v) is 8.79. The molecule has 1 aromatic heterocycles. The summed E-state index contributed by atoms with van der Waals surface area (Å²) in [4.78, 5) is 12.6. The van der Waals surface area contributed by atoms with Gasteiger partial charge in [0.1, 0.15) is 0 Å². The lowest BCUT2D eigenvalue weighted by Crippen LogP contribution is -2.38. The largest absolute Gasteiger partial charge is 0.349 e. The molecule has 1 aromatic carbocycles. The summed E-state index contributed by atoms with van der Waals surface area (Å²) in [7, 11) is -3.32. The molecule has 0 radical (unpaired) electrons. The van der Waals surface area contributed by atoms with Crippen molar-refractivity contribution in [2.24, 2.45) is 0 Å². The summed E-state index contributed by atoms with van der Waals surface area (Å²) < 4.78 is 25.3. The number of sulfone groups is 1. The molecule has 134 valence electrons. The fourth-order valence-corrected chi connectivity index (χ4v) is 3.92. The van der Waals surface area contributed by atoms with Gasteiger partial charge in [-0.3, -0.25) is 9.48 Å². The average molecular weight is 361 g/mol. The van der Waals surface area contributed by atoms with Gasteiger partial charge in [0.15, 0.2) is 9.84 Å². The standard InChI is InChI=1S/C18H23N3O3S/c1-13-11-19-21(12-13)16-8-6-15(7-9-16)20-18(22)14-4-3-5-17(10-14)25(2,23)24/h3-5,10-12,15-16H,6-9H2,1-2H3,(H,20,22). The van der Waals surface area contributed by atoms with Gasteiger partial charge in [0.05, 0.1) is 17.1 Å². The van der Waals surface area contributed by atoms with Crippen molar-refractivity contribution in [1.29, 1.82) is 0 Å². The summed E-state index contributed by atoms with van der Waals surface area (Å²) in [6.07, 6.45) is 8.78. The third kappa shape index (κ3) is 4.28. The van der Waals surface area contributed by atoms with Crippen LogP contribution in [0.15, 0.2) is 41.6 Å². The van der Waals surface area contributed by atoms with Crippen LogP contribution in [0.5, 0.6) is 0 Å². The highest BCUT2D eigenvalue weighted by molar-refractivity contribution is 7.90. The van der Waals surface area contributed by atoms with Crippen LogP contribution in [0, 0.1) is 6.92 Å². The number of benzene rings is 1. The zero-order valence-electron chi connectivity index (χ0n) is 14.5. The molecule has 2 aromatic rings. The molecule has 3 rings (SSSR count). The molecule has 1 aliphatic carbocycles. The maximum absolute atomic E-state index is 12.4. The first kappa shape index (κ1) is 17.7. The predicted octanol–water partition coefficient (Wildman–Crippen LogP) is 2.51. The van der Waals surface area contributed by atoms with Crippen molar-refractivity contribution in [3.05, 3.63) is 47.8 Å². The van der Waals surface area contributed by atoms with E-state index in [0.717, 1.165) is 37.5 Å². The minimum atomic E-state index is -3.32. The van der Waals surface area contributed by atoms with Crippen LogP contribution in [0.4, 0.5) is 0 Å². The number of hydrogen-bond acceptors (Lipinski definition) is 4. The normalized spacial score (nSPS) is 21.0. The Labute approximate surface area is 148 Å². The predicted molar refractivity (Wildman–Crippen MR) is 95.3 cm³/mol. The number of nitrogens with zero attached hydrogens (tertiary/aromatic N) is 2. The summed E-state index contributed by atoms with van der Waals surface area (Å²) in [6.45, 7) is 2.03. The van der Waals surface area contributed by atoms with Gasteiger partial charge in [-0.1, -0.05) is 6.07 Å². The molecule has 0 saturated heterocycles. The molecule has 25 heavy (non-hydrogen) atoms. The van der Waals surface area contributed by atoms with E-state index in [-0.39, 0.29) is 16.8 Å². The fraction of sp³-hybridized carbons (Fsp3) is 0.444. The van der Waals surface area contributed by atoms with Crippen molar-refractivity contribution in [3.63, 3.8) is 0 Å². The Kier molecular flexibility index (Phi) is 4.94. The molecule has 1 amide bonds. The average Bonchev–Trinajstić information content (AvgIpc) is 3.01. The Morgan fingerprint density at radius 1 is 1.24 bits per heavy atom. The van der Waals surface area contributed by atoms with Crippen LogP contribution < -0.4 is 5.32 Å². The molecule has 1 heterocycles. The molecule has 1 aliphatic rings. The van der Waals surface area contributed by atoms with E-state index in [9.17, 15) is 13.2 Å². The summed E-state index contributed by atoms with van der Waals surface area (Å²) in [5.41, 5.74) is 1.54. The number of aromatic nitrogens is 2. The van der Waals surface area contributed by atoms with E-state index in [2.05, 4.69) is 16.6 Å². The van der Waals surface area contributed by atoms with Crippen molar-refractivity contribution in [3.8, 4) is 0 Å². The van der Waals surface area contributed by atoms with Crippen molar-refractivity contribution in [2.45, 2.75) is 49.6 Å². The van der Waals surface area contributed by atoms with Gasteiger partial charge in [-0.05, 0) is 56.4 Å². The molecular weight excluding hydrogens is 338 g/mol. The van der Waals surface area contributed by atoms with E-state index in [1.165, 1.54) is 12.1 Å². The van der Waals surface area contributed by atoms with E-state index < -0.39 is 9.84 Å². The van der Waals surface area contributed by atoms with E-state index in [0.29, 0.717) is 11.6 Å². The van der Waals surface area contributed by atoms with Gasteiger partial charge in [-0.15, -0.1) is 0 Å². The maximum Gasteiger partial charge on any atom is 0.251 e. The molecule has 0 spiro atoms. The molecule has 7 heteroatoms. The number of carbonyl (C=O) groups excluding carboxylic acids is 1. The summed E-state index contributed by atoms with van der Waals surface area (Å²) >= 11 is 0. The molecular formula is C18H23N3O3S. The van der Waals surface area contributed by atoms with Gasteiger partial charge in [0, 0.05) is 24.1 Å². The van der Waals surface area contributed by atoms with Gasteiger partial charge < -0.3 is 5.32 Å². The molecule has 0 unspecified atom stereocenters. The van der Waals surface area contributed by atoms with Crippen LogP contribution in [-0.4, -0.2) is 36.4 Å². The van der Waals surface area contributed by atoms with Crippen molar-refractivity contribution < 1.29 is 13.2 Å². The first-order chi connectivity index (χ1) is 11.8. The Bertz CT molecular complexity index is 865. The quantitative estimate of drug-likeness (QED) is 0.907. The first-order valence-corrected chi connectivity index (χ1v) is 10.3. The third-order valence-electron chi connectivity index (χ3n) is 4.66. The van der Waals surface area contributed by atoms with Gasteiger partial charge in [-0.25, -0.2) is 8.42 Å². The Balaban J connectivity index is 1.59. The Morgan fingerprint density at radius 2 is 1.96 bits per heavy atom. The maximum atomic E-state index is 12.4. The number of aryl methyl sites for hydroxylation is 1. The van der Waals surface area contributed by atoms with Crippen LogP contribution in [-0.2, 0) is 9.84 Å². The van der Waals surface area contributed by atoms with Gasteiger partial charge in [-0.2, -0.15) is 5.10 Å². The first-order valence-electron chi connectivity index (χ1n) is 8.44. The van der Waals surface area contributed by atoms with E-state index in [1.807, 2.05) is 17.8 Å². The minimum Gasteiger partial charge on any atom is -0.349 e. The smallest absolute Gasteiger partial charge is 0.251 e. The lowest BCUT2D eigenvalue weighted by Gasteiger charge is -2.29. The van der Waals surface area contributed by atoms with Crippen LogP contribution >= 0.6 is 0 Å². The second-order valence-electron chi connectivity index (χ2n) is 6.78. The number of hydrogen-bond donors (Lipinski definition) is 1. The fourth-order valence-electron chi connectivity index (χ4n) is 3.25. The van der Waals surface area contributed by atoms with Gasteiger partial charge in [0.2, 0.25) is 0 Å². The highest BCUT2D eigenvalue weighted by Gasteiger charge is 2.24. The monoisotopic (exact) mass is 361 g/mol. The molecule has 1 saturated carbocycles. The van der Waals surface area contributed by atoms with Crippen LogP contribution in [0.3, 0.4) is 0 Å². The number of rotatable bonds is 4. The van der Waals surface area contributed by atoms with Crippen LogP contribution in [0.25, 0.3) is 0 Å². The van der Waals surface area contributed by atoms with Crippen molar-refractivity contribution in [1.82, 2.24) is 15.1 Å². The van der Waals surface area contributed by atoms with Crippen molar-refractivity contribution in [2.75, 3.05) is 6.26 Å². The molecule has 0 aliphatic heterocycles. The second kappa shape index (κ2) is 7.00. The van der Waals surface area contributed by atoms with Gasteiger partial charge >= 0.3 is 0 Å². The zero-order chi connectivity index (χ0) is 18.0. The lowest BCUT2D eigenvalue weighted by molar-refractivity contribution is 0.0921. The van der Waals surface area contributed by atoms with Crippen molar-refractivity contribution >= 4 is 15.7 Å². The van der Waals surface area contributed by atoms with Gasteiger partial charge in [0.25, 0.3) is 5.91 Å². The Morgan fingerprint density at radius 3 is 2.56 bits per heavy atom. The highest BCUT2D eigenvalue weighted by atomic mass is 32.2.